The van der Waals surface area contributed by atoms with Crippen LogP contribution in [0.1, 0.15) is 6.42 Å². The van der Waals surface area contributed by atoms with E-state index in [-0.39, 0.29) is 0 Å². The summed E-state index contributed by atoms with van der Waals surface area (Å²) in [4.78, 5) is 49.2. The molecule has 164 valence electrons. The minimum atomic E-state index is -1.97. The van der Waals surface area contributed by atoms with Gasteiger partial charge in [-0.15, -0.1) is 0 Å². The van der Waals surface area contributed by atoms with Crippen LogP contribution in [0.3, 0.4) is 0 Å². The van der Waals surface area contributed by atoms with Crippen LogP contribution in [-0.4, -0.2) is 43.8 Å². The van der Waals surface area contributed by atoms with E-state index in [1.165, 1.54) is 4.90 Å². The predicted molar refractivity (Wildman–Crippen MR) is 102 cm³/mol. The number of carboxylic acid groups (broad SMARTS) is 1. The molecule has 2 aromatic rings. The standard InChI is InChI=1S/C19H15FIN2O7S/c20-10-14(24)11(9-17(25)26)22-18(27)21-30-19(28)23-12-5-1-3-7-15(12)31(29)16-8-4-2-6-13(16)23/h1-8,11H,9-10H2,(H,22,27)(H,25,26)/q-1. The van der Waals surface area contributed by atoms with Gasteiger partial charge in [0.2, 0.25) is 0 Å². The van der Waals surface area contributed by atoms with Crippen molar-refractivity contribution in [1.29, 1.82) is 0 Å². The number of hydrogen-bond acceptors (Lipinski definition) is 6. The number of fused-ring (bicyclic) bond motifs is 2. The van der Waals surface area contributed by atoms with Gasteiger partial charge in [-0.3, -0.25) is 0 Å². The molecule has 1 atom stereocenters. The molecule has 1 aliphatic rings. The third-order valence-electron chi connectivity index (χ3n) is 4.16. The predicted octanol–water partition coefficient (Wildman–Crippen LogP) is -0.463. The monoisotopic (exact) mass is 561 g/mol. The fourth-order valence-corrected chi connectivity index (χ4v) is 5.25. The molecule has 0 saturated heterocycles. The van der Waals surface area contributed by atoms with Crippen molar-refractivity contribution in [2.75, 3.05) is 11.6 Å². The Bertz CT molecular complexity index is 1030. The number of halogens is 2. The van der Waals surface area contributed by atoms with Gasteiger partial charge in [-0.05, 0) is 0 Å². The first-order chi connectivity index (χ1) is 14.8. The Labute approximate surface area is 188 Å². The van der Waals surface area contributed by atoms with Gasteiger partial charge in [0.1, 0.15) is 0 Å². The second kappa shape index (κ2) is 9.96. The van der Waals surface area contributed by atoms with Crippen molar-refractivity contribution < 1.29 is 57.6 Å². The molecule has 0 radical (unpaired) electrons. The second-order valence-corrected chi connectivity index (χ2v) is 9.41. The van der Waals surface area contributed by atoms with Gasteiger partial charge >= 0.3 is 189 Å². The number of carbonyl (C=O) groups excluding carboxylic acids is 3. The molecule has 0 aromatic heterocycles. The third-order valence-corrected chi connectivity index (χ3v) is 6.95. The molecule has 2 aromatic carbocycles. The van der Waals surface area contributed by atoms with Crippen LogP contribution in [0, 0.1) is 0 Å². The van der Waals surface area contributed by atoms with Crippen LogP contribution in [-0.2, 0) is 23.5 Å². The van der Waals surface area contributed by atoms with Crippen LogP contribution in [0.2, 0.25) is 0 Å². The maximum atomic E-state index is 12.8. The number of nitrogens with one attached hydrogen (secondary N) is 1. The molecule has 2 N–H and O–H groups in total. The van der Waals surface area contributed by atoms with Gasteiger partial charge in [-0.25, -0.2) is 0 Å². The maximum absolute atomic E-state index is 12.8. The SMILES string of the molecule is O=C(O)CC(NC(=O)[I-]OC(=O)N1c2ccccc2S(=O)c2ccccc21)C(=O)CF. The Morgan fingerprint density at radius 2 is 1.61 bits per heavy atom. The molecule has 1 aliphatic heterocycles. The summed E-state index contributed by atoms with van der Waals surface area (Å²) in [6, 6.07) is 11.5. The average molecular weight is 561 g/mol. The first kappa shape index (κ1) is 22.8. The zero-order chi connectivity index (χ0) is 22.5. The van der Waals surface area contributed by atoms with Crippen molar-refractivity contribution in [3.8, 4) is 0 Å². The summed E-state index contributed by atoms with van der Waals surface area (Å²) < 4.78 is 29.7. The number of nitrogens with zero attached hydrogens (tertiary/aromatic N) is 1. The van der Waals surface area contributed by atoms with Gasteiger partial charge in [-0.1, -0.05) is 0 Å². The zero-order valence-corrected chi connectivity index (χ0v) is 18.6. The topological polar surface area (TPSA) is 130 Å². The molecule has 31 heavy (non-hydrogen) atoms. The van der Waals surface area contributed by atoms with Crippen LogP contribution in [0.15, 0.2) is 58.3 Å². The Morgan fingerprint density at radius 3 is 2.13 bits per heavy atom. The molecule has 0 spiro atoms. The van der Waals surface area contributed by atoms with E-state index in [2.05, 4.69) is 5.32 Å². The van der Waals surface area contributed by atoms with Crippen LogP contribution < -0.4 is 31.8 Å². The molecular formula is C19H15FIN2O7S-. The molecule has 1 unspecified atom stereocenters. The van der Waals surface area contributed by atoms with Gasteiger partial charge in [0.25, 0.3) is 0 Å². The third kappa shape index (κ3) is 5.07. The van der Waals surface area contributed by atoms with Crippen LogP contribution in [0.25, 0.3) is 0 Å². The molecule has 0 saturated carbocycles. The van der Waals surface area contributed by atoms with E-state index in [4.69, 9.17) is 8.17 Å². The average Bonchev–Trinajstić information content (AvgIpc) is 2.76. The van der Waals surface area contributed by atoms with E-state index in [1.54, 1.807) is 48.5 Å². The van der Waals surface area contributed by atoms with Crippen molar-refractivity contribution in [2.45, 2.75) is 22.3 Å². The van der Waals surface area contributed by atoms with Gasteiger partial charge in [0, 0.05) is 0 Å². The Kier molecular flexibility index (Phi) is 7.33. The number of ketones is 1. The summed E-state index contributed by atoms with van der Waals surface area (Å²) >= 11 is -1.97. The van der Waals surface area contributed by atoms with E-state index < -0.39 is 73.3 Å². The van der Waals surface area contributed by atoms with E-state index in [0.29, 0.717) is 21.2 Å². The van der Waals surface area contributed by atoms with Crippen LogP contribution >= 0.6 is 0 Å². The number of anilines is 2. The summed E-state index contributed by atoms with van der Waals surface area (Å²) in [5.74, 6) is -2.48. The quantitative estimate of drug-likeness (QED) is 0.266. The fourth-order valence-electron chi connectivity index (χ4n) is 2.82. The van der Waals surface area contributed by atoms with Crippen LogP contribution in [0.4, 0.5) is 25.4 Å². The van der Waals surface area contributed by atoms with Crippen molar-refractivity contribution in [1.82, 2.24) is 5.32 Å². The van der Waals surface area contributed by atoms with E-state index in [0.717, 1.165) is 0 Å². The summed E-state index contributed by atoms with van der Waals surface area (Å²) in [5.41, 5.74) is 0.677. The Morgan fingerprint density at radius 1 is 1.06 bits per heavy atom. The normalized spacial score (nSPS) is 13.6. The molecule has 0 aliphatic carbocycles. The molecule has 2 amide bonds. The second-order valence-electron chi connectivity index (χ2n) is 6.13. The number of alkyl halides is 1. The molecule has 0 bridgehead atoms. The van der Waals surface area contributed by atoms with Gasteiger partial charge in [-0.2, -0.15) is 0 Å². The summed E-state index contributed by atoms with van der Waals surface area (Å²) in [5, 5.41) is 10.9. The zero-order valence-electron chi connectivity index (χ0n) is 15.6. The molecular weight excluding hydrogens is 546 g/mol. The van der Waals surface area contributed by atoms with Crippen molar-refractivity contribution in [3.63, 3.8) is 0 Å². The van der Waals surface area contributed by atoms with Crippen molar-refractivity contribution in [2.24, 2.45) is 0 Å². The molecule has 12 heteroatoms. The Balaban J connectivity index is 1.76. The first-order valence-electron chi connectivity index (χ1n) is 8.70. The van der Waals surface area contributed by atoms with Crippen LogP contribution in [0.5, 0.6) is 0 Å². The number of aliphatic carboxylic acids is 1. The molecule has 0 fully saturated rings. The summed E-state index contributed by atoms with van der Waals surface area (Å²) in [6.45, 7) is -1.44. The number of Topliss-reactive ketones (excluding diaryl/α,β-unsaturated/α-hetero) is 1. The molecule has 3 rings (SSSR count). The van der Waals surface area contributed by atoms with Crippen molar-refractivity contribution in [3.05, 3.63) is 48.5 Å². The minimum absolute atomic E-state index is 0.338. The van der Waals surface area contributed by atoms with E-state index in [1.807, 2.05) is 0 Å². The van der Waals surface area contributed by atoms with Crippen molar-refractivity contribution >= 4 is 43.9 Å². The number of benzene rings is 2. The van der Waals surface area contributed by atoms with E-state index in [9.17, 15) is 27.8 Å². The van der Waals surface area contributed by atoms with Gasteiger partial charge < -0.3 is 0 Å². The summed E-state index contributed by atoms with van der Waals surface area (Å²) in [7, 11) is -1.51. The summed E-state index contributed by atoms with van der Waals surface area (Å²) in [6.07, 6.45) is -1.68. The fraction of sp³-hybridized carbons (Fsp3) is 0.158. The van der Waals surface area contributed by atoms with Gasteiger partial charge in [0.05, 0.1) is 0 Å². The number of hydrogen-bond donors (Lipinski definition) is 2. The number of carboxylic acids is 1. The number of carbonyl (C=O) groups is 4. The molecule has 1 heterocycles. The Hall–Kier alpha value is -2.87. The van der Waals surface area contributed by atoms with Gasteiger partial charge in [0.15, 0.2) is 0 Å². The number of rotatable bonds is 7. The molecule has 9 nitrogen and oxygen atoms in total. The number of para-hydroxylation sites is 2. The van der Waals surface area contributed by atoms with E-state index >= 15 is 0 Å². The first-order valence-corrected chi connectivity index (χ1v) is 11.8. The number of amides is 2.